The summed E-state index contributed by atoms with van der Waals surface area (Å²) in [5, 5.41) is 14.7. The Morgan fingerprint density at radius 1 is 1.53 bits per heavy atom. The summed E-state index contributed by atoms with van der Waals surface area (Å²) >= 11 is 0. The van der Waals surface area contributed by atoms with E-state index < -0.39 is 0 Å². The Morgan fingerprint density at radius 2 is 2.16 bits per heavy atom. The van der Waals surface area contributed by atoms with Crippen molar-refractivity contribution in [1.29, 1.82) is 0 Å². The summed E-state index contributed by atoms with van der Waals surface area (Å²) < 4.78 is 0. The third-order valence-electron chi connectivity index (χ3n) is 3.72. The van der Waals surface area contributed by atoms with Gasteiger partial charge in [0.2, 0.25) is 5.91 Å². The fraction of sp³-hybridized carbons (Fsp3) is 0.429. The minimum Gasteiger partial charge on any atom is -0.409 e. The van der Waals surface area contributed by atoms with Gasteiger partial charge in [0.05, 0.1) is 5.69 Å². The standard InChI is InChI=1S/C14H19N3O2/c1-8-5-4-6-10(11(8)12(15)17-19)16-13(18)9-7-14(9,2)3/h4-6,9,19H,7H2,1-3H3,(H2,15,17)(H,16,18). The van der Waals surface area contributed by atoms with Crippen LogP contribution in [0.5, 0.6) is 0 Å². The predicted octanol–water partition coefficient (Wildman–Crippen LogP) is 2.07. The average molecular weight is 261 g/mol. The van der Waals surface area contributed by atoms with Crippen LogP contribution < -0.4 is 11.1 Å². The molecular formula is C14H19N3O2. The number of nitrogens with two attached hydrogens (primary N) is 1. The van der Waals surface area contributed by atoms with E-state index in [1.165, 1.54) is 0 Å². The minimum atomic E-state index is -0.0115. The van der Waals surface area contributed by atoms with Crippen LogP contribution >= 0.6 is 0 Å². The van der Waals surface area contributed by atoms with Gasteiger partial charge in [-0.1, -0.05) is 31.1 Å². The SMILES string of the molecule is Cc1cccc(NC(=O)C2CC2(C)C)c1/C(N)=N/O. The molecule has 2 rings (SSSR count). The van der Waals surface area contributed by atoms with Crippen molar-refractivity contribution in [3.8, 4) is 0 Å². The Morgan fingerprint density at radius 3 is 2.68 bits per heavy atom. The van der Waals surface area contributed by atoms with E-state index in [-0.39, 0.29) is 23.1 Å². The summed E-state index contributed by atoms with van der Waals surface area (Å²) in [4.78, 5) is 12.1. The van der Waals surface area contributed by atoms with E-state index in [2.05, 4.69) is 24.3 Å². The zero-order valence-corrected chi connectivity index (χ0v) is 11.4. The molecule has 1 fully saturated rings. The summed E-state index contributed by atoms with van der Waals surface area (Å²) in [6.45, 7) is 5.99. The second-order valence-corrected chi connectivity index (χ2v) is 5.72. The van der Waals surface area contributed by atoms with Crippen LogP contribution in [0.1, 0.15) is 31.4 Å². The number of oxime groups is 1. The maximum Gasteiger partial charge on any atom is 0.228 e. The zero-order valence-electron chi connectivity index (χ0n) is 11.4. The maximum absolute atomic E-state index is 12.1. The molecule has 1 unspecified atom stereocenters. The van der Waals surface area contributed by atoms with Crippen molar-refractivity contribution in [1.82, 2.24) is 0 Å². The molecule has 5 heteroatoms. The highest BCUT2D eigenvalue weighted by Gasteiger charge is 2.50. The topological polar surface area (TPSA) is 87.7 Å². The van der Waals surface area contributed by atoms with Crippen LogP contribution in [-0.2, 0) is 4.79 Å². The number of aryl methyl sites for hydroxylation is 1. The van der Waals surface area contributed by atoms with Gasteiger partial charge < -0.3 is 16.3 Å². The number of anilines is 1. The van der Waals surface area contributed by atoms with Gasteiger partial charge in [-0.05, 0) is 30.4 Å². The van der Waals surface area contributed by atoms with E-state index in [9.17, 15) is 4.79 Å². The number of rotatable bonds is 3. The van der Waals surface area contributed by atoms with E-state index in [4.69, 9.17) is 10.9 Å². The molecule has 0 aliphatic heterocycles. The fourth-order valence-electron chi connectivity index (χ4n) is 2.30. The molecule has 5 nitrogen and oxygen atoms in total. The summed E-state index contributed by atoms with van der Waals surface area (Å²) in [7, 11) is 0. The van der Waals surface area contributed by atoms with E-state index in [0.717, 1.165) is 12.0 Å². The number of nitrogens with one attached hydrogen (secondary N) is 1. The number of hydrogen-bond acceptors (Lipinski definition) is 3. The van der Waals surface area contributed by atoms with Crippen LogP contribution in [0.4, 0.5) is 5.69 Å². The summed E-state index contributed by atoms with van der Waals surface area (Å²) in [5.41, 5.74) is 7.74. The number of carbonyl (C=O) groups is 1. The van der Waals surface area contributed by atoms with Crippen LogP contribution in [-0.4, -0.2) is 17.0 Å². The first-order chi connectivity index (χ1) is 8.86. The van der Waals surface area contributed by atoms with Crippen molar-refractivity contribution in [2.75, 3.05) is 5.32 Å². The highest BCUT2D eigenvalue weighted by Crippen LogP contribution is 2.52. The van der Waals surface area contributed by atoms with Crippen molar-refractivity contribution >= 4 is 17.4 Å². The molecule has 0 radical (unpaired) electrons. The number of amidine groups is 1. The Kier molecular flexibility index (Phi) is 3.22. The molecule has 1 aliphatic rings. The van der Waals surface area contributed by atoms with E-state index in [1.54, 1.807) is 6.07 Å². The lowest BCUT2D eigenvalue weighted by Gasteiger charge is -2.13. The number of carbonyl (C=O) groups excluding carboxylic acids is 1. The van der Waals surface area contributed by atoms with Gasteiger partial charge >= 0.3 is 0 Å². The first-order valence-corrected chi connectivity index (χ1v) is 6.25. The second kappa shape index (κ2) is 4.57. The second-order valence-electron chi connectivity index (χ2n) is 5.72. The van der Waals surface area contributed by atoms with Gasteiger partial charge in [0, 0.05) is 11.5 Å². The Hall–Kier alpha value is -2.04. The van der Waals surface area contributed by atoms with Crippen LogP contribution in [0.2, 0.25) is 0 Å². The maximum atomic E-state index is 12.1. The molecule has 1 aromatic carbocycles. The Balaban J connectivity index is 2.26. The molecule has 1 aromatic rings. The van der Waals surface area contributed by atoms with Crippen LogP contribution in [0.25, 0.3) is 0 Å². The number of hydrogen-bond donors (Lipinski definition) is 3. The summed E-state index contributed by atoms with van der Waals surface area (Å²) in [5.74, 6) is 0.0270. The van der Waals surface area contributed by atoms with Gasteiger partial charge in [0.15, 0.2) is 5.84 Å². The van der Waals surface area contributed by atoms with Crippen LogP contribution in [0, 0.1) is 18.3 Å². The quantitative estimate of drug-likeness (QED) is 0.337. The highest BCUT2D eigenvalue weighted by molar-refractivity contribution is 6.07. The van der Waals surface area contributed by atoms with Crippen molar-refractivity contribution in [2.24, 2.45) is 22.2 Å². The number of nitrogens with zero attached hydrogens (tertiary/aromatic N) is 1. The first-order valence-electron chi connectivity index (χ1n) is 6.25. The normalized spacial score (nSPS) is 21.0. The molecule has 0 spiro atoms. The van der Waals surface area contributed by atoms with Gasteiger partial charge in [0.1, 0.15) is 0 Å². The highest BCUT2D eigenvalue weighted by atomic mass is 16.4. The molecule has 4 N–H and O–H groups in total. The van der Waals surface area contributed by atoms with Gasteiger partial charge in [-0.3, -0.25) is 4.79 Å². The van der Waals surface area contributed by atoms with Gasteiger partial charge in [-0.2, -0.15) is 0 Å². The Bertz CT molecular complexity index is 550. The third-order valence-corrected chi connectivity index (χ3v) is 3.72. The largest absolute Gasteiger partial charge is 0.409 e. The molecular weight excluding hydrogens is 242 g/mol. The summed E-state index contributed by atoms with van der Waals surface area (Å²) in [6, 6.07) is 5.44. The smallest absolute Gasteiger partial charge is 0.228 e. The van der Waals surface area contributed by atoms with Gasteiger partial charge in [0.25, 0.3) is 0 Å². The average Bonchev–Trinajstić information content (AvgIpc) is 2.98. The van der Waals surface area contributed by atoms with Gasteiger partial charge in [-0.25, -0.2) is 0 Å². The molecule has 1 amide bonds. The molecule has 0 heterocycles. The van der Waals surface area contributed by atoms with Crippen molar-refractivity contribution in [2.45, 2.75) is 27.2 Å². The predicted molar refractivity (Wildman–Crippen MR) is 74.2 cm³/mol. The lowest BCUT2D eigenvalue weighted by atomic mass is 10.0. The van der Waals surface area contributed by atoms with Crippen molar-refractivity contribution in [3.63, 3.8) is 0 Å². The molecule has 1 atom stereocenters. The number of benzene rings is 1. The minimum absolute atomic E-state index is 0.00320. The van der Waals surface area contributed by atoms with Crippen molar-refractivity contribution < 1.29 is 10.0 Å². The van der Waals surface area contributed by atoms with Crippen LogP contribution in [0.3, 0.4) is 0 Å². The molecule has 19 heavy (non-hydrogen) atoms. The van der Waals surface area contributed by atoms with Crippen molar-refractivity contribution in [3.05, 3.63) is 29.3 Å². The first kappa shape index (κ1) is 13.4. The summed E-state index contributed by atoms with van der Waals surface area (Å²) in [6.07, 6.45) is 0.892. The van der Waals surface area contributed by atoms with E-state index in [1.807, 2.05) is 19.1 Å². The Labute approximate surface area is 112 Å². The van der Waals surface area contributed by atoms with E-state index >= 15 is 0 Å². The lowest BCUT2D eigenvalue weighted by molar-refractivity contribution is -0.118. The molecule has 102 valence electrons. The lowest BCUT2D eigenvalue weighted by Crippen LogP contribution is -2.22. The van der Waals surface area contributed by atoms with Gasteiger partial charge in [-0.15, -0.1) is 0 Å². The zero-order chi connectivity index (χ0) is 14.2. The molecule has 0 saturated heterocycles. The number of amides is 1. The van der Waals surface area contributed by atoms with Crippen LogP contribution in [0.15, 0.2) is 23.4 Å². The third kappa shape index (κ3) is 2.54. The fourth-order valence-corrected chi connectivity index (χ4v) is 2.30. The molecule has 0 bridgehead atoms. The monoisotopic (exact) mass is 261 g/mol. The molecule has 1 aliphatic carbocycles. The molecule has 1 saturated carbocycles. The molecule has 0 aromatic heterocycles. The van der Waals surface area contributed by atoms with E-state index in [0.29, 0.717) is 11.3 Å².